The van der Waals surface area contributed by atoms with Crippen LogP contribution < -0.4 is 5.32 Å². The molecule has 0 saturated heterocycles. The maximum atomic E-state index is 4.38. The fourth-order valence-electron chi connectivity index (χ4n) is 1.37. The van der Waals surface area contributed by atoms with Crippen LogP contribution in [0.15, 0.2) is 24.4 Å². The van der Waals surface area contributed by atoms with Gasteiger partial charge in [-0.1, -0.05) is 19.1 Å². The van der Waals surface area contributed by atoms with Gasteiger partial charge < -0.3 is 5.32 Å². The van der Waals surface area contributed by atoms with Gasteiger partial charge in [0.2, 0.25) is 0 Å². The van der Waals surface area contributed by atoms with E-state index in [2.05, 4.69) is 28.8 Å². The highest BCUT2D eigenvalue weighted by Crippen LogP contribution is 2.17. The Labute approximate surface area is 85.3 Å². The molecule has 0 aliphatic heterocycles. The molecule has 1 heterocycles. The second kappa shape index (κ2) is 4.86. The maximum Gasteiger partial charge on any atom is 0.125 e. The van der Waals surface area contributed by atoms with Gasteiger partial charge in [-0.3, -0.25) is 0 Å². The summed E-state index contributed by atoms with van der Waals surface area (Å²) in [4.78, 5) is 8.45. The molecule has 0 aromatic carbocycles. The lowest BCUT2D eigenvalue weighted by molar-refractivity contribution is 0.603. The molecule has 76 valence electrons. The summed E-state index contributed by atoms with van der Waals surface area (Å²) in [6, 6.07) is 2.07. The van der Waals surface area contributed by atoms with Gasteiger partial charge in [-0.15, -0.1) is 0 Å². The van der Waals surface area contributed by atoms with Gasteiger partial charge in [0.25, 0.3) is 0 Å². The van der Waals surface area contributed by atoms with Crippen LogP contribution in [0.5, 0.6) is 0 Å². The molecule has 0 fully saturated rings. The molecule has 0 bridgehead atoms. The molecular formula is C11H17N3. The zero-order chi connectivity index (χ0) is 10.6. The molecule has 0 aliphatic rings. The quantitative estimate of drug-likeness (QED) is 0.740. The van der Waals surface area contributed by atoms with Gasteiger partial charge in [-0.25, -0.2) is 9.97 Å². The molecular weight excluding hydrogens is 174 g/mol. The standard InChI is InChI=1S/C11H17N3/c1-5-12-11(8(2)3)10-6-7-13-9(4)14-10/h6-7,11-12H,2,5H2,1,3-4H3. The topological polar surface area (TPSA) is 37.8 Å². The normalized spacial score (nSPS) is 12.5. The van der Waals surface area contributed by atoms with Crippen molar-refractivity contribution < 1.29 is 0 Å². The van der Waals surface area contributed by atoms with Crippen LogP contribution in [0, 0.1) is 6.92 Å². The van der Waals surface area contributed by atoms with E-state index >= 15 is 0 Å². The summed E-state index contributed by atoms with van der Waals surface area (Å²) in [5.41, 5.74) is 2.07. The van der Waals surface area contributed by atoms with E-state index in [0.29, 0.717) is 0 Å². The predicted molar refractivity (Wildman–Crippen MR) is 58.0 cm³/mol. The summed E-state index contributed by atoms with van der Waals surface area (Å²) in [6.07, 6.45) is 1.78. The Hall–Kier alpha value is -1.22. The summed E-state index contributed by atoms with van der Waals surface area (Å²) in [5, 5.41) is 3.34. The van der Waals surface area contributed by atoms with E-state index in [0.717, 1.165) is 23.6 Å². The zero-order valence-electron chi connectivity index (χ0n) is 9.04. The van der Waals surface area contributed by atoms with E-state index in [4.69, 9.17) is 0 Å². The number of hydrogen-bond acceptors (Lipinski definition) is 3. The van der Waals surface area contributed by atoms with Crippen LogP contribution in [0.4, 0.5) is 0 Å². The monoisotopic (exact) mass is 191 g/mol. The van der Waals surface area contributed by atoms with Gasteiger partial charge >= 0.3 is 0 Å². The minimum atomic E-state index is 0.140. The molecule has 0 aliphatic carbocycles. The third-order valence-electron chi connectivity index (χ3n) is 1.99. The Morgan fingerprint density at radius 1 is 1.64 bits per heavy atom. The fourth-order valence-corrected chi connectivity index (χ4v) is 1.37. The highest BCUT2D eigenvalue weighted by molar-refractivity contribution is 5.18. The molecule has 0 amide bonds. The molecule has 1 unspecified atom stereocenters. The average Bonchev–Trinajstić information content (AvgIpc) is 2.13. The fraction of sp³-hybridized carbons (Fsp3) is 0.455. The lowest BCUT2D eigenvalue weighted by atomic mass is 10.1. The Morgan fingerprint density at radius 2 is 2.36 bits per heavy atom. The van der Waals surface area contributed by atoms with Crippen LogP contribution >= 0.6 is 0 Å². The van der Waals surface area contributed by atoms with Crippen molar-refractivity contribution in [3.63, 3.8) is 0 Å². The smallest absolute Gasteiger partial charge is 0.125 e. The number of nitrogens with zero attached hydrogens (tertiary/aromatic N) is 2. The molecule has 0 spiro atoms. The van der Waals surface area contributed by atoms with Gasteiger partial charge in [0.1, 0.15) is 5.82 Å². The van der Waals surface area contributed by atoms with Gasteiger partial charge in [0.15, 0.2) is 0 Å². The van der Waals surface area contributed by atoms with Crippen molar-refractivity contribution in [2.24, 2.45) is 0 Å². The minimum absolute atomic E-state index is 0.140. The molecule has 1 N–H and O–H groups in total. The maximum absolute atomic E-state index is 4.38. The average molecular weight is 191 g/mol. The molecule has 1 rings (SSSR count). The van der Waals surface area contributed by atoms with Gasteiger partial charge in [0, 0.05) is 6.20 Å². The van der Waals surface area contributed by atoms with Crippen LogP contribution in [-0.2, 0) is 0 Å². The second-order valence-electron chi connectivity index (χ2n) is 3.37. The molecule has 1 aromatic heterocycles. The number of aryl methyl sites for hydroxylation is 1. The summed E-state index contributed by atoms with van der Waals surface area (Å²) in [5.74, 6) is 0.798. The highest BCUT2D eigenvalue weighted by atomic mass is 15.0. The first-order valence-corrected chi connectivity index (χ1v) is 4.83. The number of likely N-dealkylation sites (N-methyl/N-ethyl adjacent to an activating group) is 1. The van der Waals surface area contributed by atoms with E-state index in [1.807, 2.05) is 19.9 Å². The van der Waals surface area contributed by atoms with E-state index in [-0.39, 0.29) is 6.04 Å². The summed E-state index contributed by atoms with van der Waals surface area (Å²) < 4.78 is 0. The Balaban J connectivity index is 2.93. The van der Waals surface area contributed by atoms with Crippen LogP contribution in [0.25, 0.3) is 0 Å². The van der Waals surface area contributed by atoms with Gasteiger partial charge in [0.05, 0.1) is 11.7 Å². The highest BCUT2D eigenvalue weighted by Gasteiger charge is 2.11. The van der Waals surface area contributed by atoms with Crippen molar-refractivity contribution >= 4 is 0 Å². The predicted octanol–water partition coefficient (Wildman–Crippen LogP) is 2.01. The molecule has 0 radical (unpaired) electrons. The van der Waals surface area contributed by atoms with Gasteiger partial charge in [-0.05, 0) is 26.5 Å². The van der Waals surface area contributed by atoms with Crippen LogP contribution in [0.2, 0.25) is 0 Å². The number of hydrogen-bond donors (Lipinski definition) is 1. The van der Waals surface area contributed by atoms with Crippen molar-refractivity contribution in [3.05, 3.63) is 35.9 Å². The van der Waals surface area contributed by atoms with Crippen molar-refractivity contribution in [3.8, 4) is 0 Å². The largest absolute Gasteiger partial charge is 0.306 e. The lowest BCUT2D eigenvalue weighted by Gasteiger charge is -2.17. The third-order valence-corrected chi connectivity index (χ3v) is 1.99. The Morgan fingerprint density at radius 3 is 2.86 bits per heavy atom. The van der Waals surface area contributed by atoms with Gasteiger partial charge in [-0.2, -0.15) is 0 Å². The van der Waals surface area contributed by atoms with Crippen LogP contribution in [0.3, 0.4) is 0 Å². The first-order chi connectivity index (χ1) is 6.65. The Bertz CT molecular complexity index is 320. The van der Waals surface area contributed by atoms with Crippen molar-refractivity contribution in [1.29, 1.82) is 0 Å². The molecule has 1 atom stereocenters. The first-order valence-electron chi connectivity index (χ1n) is 4.83. The first kappa shape index (κ1) is 10.9. The summed E-state index contributed by atoms with van der Waals surface area (Å²) in [6.45, 7) is 10.8. The molecule has 0 saturated carbocycles. The van der Waals surface area contributed by atoms with Crippen molar-refractivity contribution in [2.45, 2.75) is 26.8 Å². The summed E-state index contributed by atoms with van der Waals surface area (Å²) >= 11 is 0. The van der Waals surface area contributed by atoms with Crippen LogP contribution in [-0.4, -0.2) is 16.5 Å². The molecule has 3 heteroatoms. The molecule has 1 aromatic rings. The van der Waals surface area contributed by atoms with E-state index in [1.165, 1.54) is 0 Å². The minimum Gasteiger partial charge on any atom is -0.306 e. The number of rotatable bonds is 4. The van der Waals surface area contributed by atoms with Crippen molar-refractivity contribution in [2.75, 3.05) is 6.54 Å². The number of aromatic nitrogens is 2. The van der Waals surface area contributed by atoms with Crippen LogP contribution in [0.1, 0.15) is 31.4 Å². The van der Waals surface area contributed by atoms with E-state index < -0.39 is 0 Å². The third kappa shape index (κ3) is 2.64. The number of nitrogens with one attached hydrogen (secondary N) is 1. The molecule has 3 nitrogen and oxygen atoms in total. The zero-order valence-corrected chi connectivity index (χ0v) is 9.04. The van der Waals surface area contributed by atoms with Crippen molar-refractivity contribution in [1.82, 2.24) is 15.3 Å². The van der Waals surface area contributed by atoms with E-state index in [1.54, 1.807) is 6.20 Å². The lowest BCUT2D eigenvalue weighted by Crippen LogP contribution is -2.22. The molecule has 14 heavy (non-hydrogen) atoms. The summed E-state index contributed by atoms with van der Waals surface area (Å²) in [7, 11) is 0. The van der Waals surface area contributed by atoms with E-state index in [9.17, 15) is 0 Å². The Kier molecular flexibility index (Phi) is 3.77. The second-order valence-corrected chi connectivity index (χ2v) is 3.37. The SMILES string of the molecule is C=C(C)C(NCC)c1ccnc(C)n1.